The van der Waals surface area contributed by atoms with Gasteiger partial charge in [-0.3, -0.25) is 0 Å². The van der Waals surface area contributed by atoms with Crippen LogP contribution in [0.4, 0.5) is 17.1 Å². The third kappa shape index (κ3) is 5.24. The lowest BCUT2D eigenvalue weighted by Crippen LogP contribution is -2.11. The van der Waals surface area contributed by atoms with Crippen LogP contribution in [-0.2, 0) is 0 Å². The van der Waals surface area contributed by atoms with E-state index >= 15 is 0 Å². The summed E-state index contributed by atoms with van der Waals surface area (Å²) in [5, 5.41) is 7.66. The lowest BCUT2D eigenvalue weighted by atomic mass is 9.96. The minimum atomic E-state index is 1.10. The maximum absolute atomic E-state index is 2.44. The minimum absolute atomic E-state index is 1.10. The third-order valence-electron chi connectivity index (χ3n) is 11.0. The number of anilines is 3. The maximum atomic E-state index is 2.44. The monoisotopic (exact) mass is 718 g/mol. The van der Waals surface area contributed by atoms with Gasteiger partial charge in [0.25, 0.3) is 0 Å². The fourth-order valence-corrected chi connectivity index (χ4v) is 9.53. The van der Waals surface area contributed by atoms with Crippen molar-refractivity contribution in [3.8, 4) is 27.9 Å². The zero-order chi connectivity index (χ0) is 36.3. The van der Waals surface area contributed by atoms with Gasteiger partial charge >= 0.3 is 0 Å². The number of aromatic nitrogens is 1. The molecule has 55 heavy (non-hydrogen) atoms. The number of fused-ring (bicyclic) bond motifs is 8. The van der Waals surface area contributed by atoms with E-state index in [4.69, 9.17) is 0 Å². The lowest BCUT2D eigenvalue weighted by molar-refractivity contribution is 1.17. The van der Waals surface area contributed by atoms with Crippen molar-refractivity contribution in [2.75, 3.05) is 4.90 Å². The molecule has 0 aliphatic heterocycles. The van der Waals surface area contributed by atoms with Crippen LogP contribution in [0.2, 0.25) is 0 Å². The molecule has 2 nitrogen and oxygen atoms in total. The summed E-state index contributed by atoms with van der Waals surface area (Å²) in [6.45, 7) is 0. The molecule has 9 aromatic carbocycles. The highest BCUT2D eigenvalue weighted by molar-refractivity contribution is 7.25. The average molecular weight is 719 g/mol. The van der Waals surface area contributed by atoms with E-state index < -0.39 is 0 Å². The van der Waals surface area contributed by atoms with Crippen molar-refractivity contribution in [2.24, 2.45) is 0 Å². The normalized spacial score (nSPS) is 11.6. The van der Waals surface area contributed by atoms with Crippen LogP contribution in [0.5, 0.6) is 0 Å². The van der Waals surface area contributed by atoms with Gasteiger partial charge in [0.15, 0.2) is 0 Å². The summed E-state index contributed by atoms with van der Waals surface area (Å²) >= 11 is 1.85. The first kappa shape index (κ1) is 31.6. The summed E-state index contributed by atoms with van der Waals surface area (Å²) in [4.78, 5) is 2.44. The van der Waals surface area contributed by atoms with Gasteiger partial charge in [0, 0.05) is 53.6 Å². The van der Waals surface area contributed by atoms with Crippen LogP contribution in [-0.4, -0.2) is 4.57 Å². The summed E-state index contributed by atoms with van der Waals surface area (Å²) in [6.07, 6.45) is 0. The van der Waals surface area contributed by atoms with Gasteiger partial charge in [-0.1, -0.05) is 133 Å². The fraction of sp³-hybridized carbons (Fsp3) is 0. The van der Waals surface area contributed by atoms with Crippen molar-refractivity contribution < 1.29 is 0 Å². The Labute approximate surface area is 323 Å². The summed E-state index contributed by atoms with van der Waals surface area (Å²) in [5.41, 5.74) is 11.6. The van der Waals surface area contributed by atoms with E-state index in [9.17, 15) is 0 Å². The molecule has 0 atom stereocenters. The van der Waals surface area contributed by atoms with E-state index in [1.165, 1.54) is 75.0 Å². The van der Waals surface area contributed by atoms with Crippen molar-refractivity contribution in [2.45, 2.75) is 0 Å². The van der Waals surface area contributed by atoms with Crippen molar-refractivity contribution in [1.29, 1.82) is 0 Å². The van der Waals surface area contributed by atoms with Gasteiger partial charge in [0.05, 0.1) is 16.7 Å². The first-order chi connectivity index (χ1) is 27.3. The summed E-state index contributed by atoms with van der Waals surface area (Å²) in [7, 11) is 0. The van der Waals surface area contributed by atoms with Crippen LogP contribution in [0, 0.1) is 0 Å². The molecule has 3 heteroatoms. The van der Waals surface area contributed by atoms with Gasteiger partial charge in [0.2, 0.25) is 0 Å². The molecular weight excluding hydrogens is 685 g/mol. The number of para-hydroxylation sites is 1. The second-order valence-electron chi connectivity index (χ2n) is 14.1. The van der Waals surface area contributed by atoms with Crippen LogP contribution in [0.15, 0.2) is 206 Å². The Kier molecular flexibility index (Phi) is 7.39. The molecule has 0 unspecified atom stereocenters. The van der Waals surface area contributed by atoms with Gasteiger partial charge in [-0.05, 0) is 100 Å². The van der Waals surface area contributed by atoms with E-state index in [0.717, 1.165) is 22.7 Å². The molecule has 0 radical (unpaired) electrons. The van der Waals surface area contributed by atoms with Crippen LogP contribution in [0.1, 0.15) is 0 Å². The topological polar surface area (TPSA) is 8.17 Å². The van der Waals surface area contributed by atoms with Crippen molar-refractivity contribution >= 4 is 81.1 Å². The summed E-state index contributed by atoms with van der Waals surface area (Å²) < 4.78 is 5.02. The molecule has 0 bridgehead atoms. The first-order valence-electron chi connectivity index (χ1n) is 18.8. The third-order valence-corrected chi connectivity index (χ3v) is 12.1. The van der Waals surface area contributed by atoms with E-state index in [-0.39, 0.29) is 0 Å². The first-order valence-corrected chi connectivity index (χ1v) is 19.6. The van der Waals surface area contributed by atoms with E-state index in [0.29, 0.717) is 0 Å². The smallest absolute Gasteiger partial charge is 0.0547 e. The van der Waals surface area contributed by atoms with Crippen molar-refractivity contribution in [3.05, 3.63) is 206 Å². The Balaban J connectivity index is 1.13. The number of rotatable bonds is 6. The molecule has 0 spiro atoms. The molecule has 0 fully saturated rings. The lowest BCUT2D eigenvalue weighted by Gasteiger charge is -2.29. The number of hydrogen-bond acceptors (Lipinski definition) is 2. The zero-order valence-electron chi connectivity index (χ0n) is 29.9. The molecule has 11 rings (SSSR count). The maximum Gasteiger partial charge on any atom is 0.0547 e. The van der Waals surface area contributed by atoms with Crippen molar-refractivity contribution in [3.63, 3.8) is 0 Å². The molecule has 2 heterocycles. The summed E-state index contributed by atoms with van der Waals surface area (Å²) in [6, 6.07) is 75.2. The van der Waals surface area contributed by atoms with Crippen LogP contribution >= 0.6 is 11.3 Å². The zero-order valence-corrected chi connectivity index (χ0v) is 30.7. The molecular formula is C52H34N2S. The predicted molar refractivity (Wildman–Crippen MR) is 237 cm³/mol. The number of thiophene rings is 1. The predicted octanol–water partition coefficient (Wildman–Crippen LogP) is 15.1. The Morgan fingerprint density at radius 1 is 0.382 bits per heavy atom. The average Bonchev–Trinajstić information content (AvgIpc) is 3.81. The highest BCUT2D eigenvalue weighted by atomic mass is 32.1. The molecule has 0 saturated heterocycles. The number of hydrogen-bond donors (Lipinski definition) is 0. The molecule has 0 aliphatic rings. The van der Waals surface area contributed by atoms with Gasteiger partial charge in [-0.2, -0.15) is 0 Å². The second-order valence-corrected chi connectivity index (χ2v) is 15.2. The van der Waals surface area contributed by atoms with E-state index in [1.54, 1.807) is 0 Å². The molecule has 258 valence electrons. The Morgan fingerprint density at radius 2 is 1.04 bits per heavy atom. The Hall–Kier alpha value is -6.94. The molecule has 0 saturated carbocycles. The highest BCUT2D eigenvalue weighted by Crippen LogP contribution is 2.45. The van der Waals surface area contributed by atoms with Gasteiger partial charge in [-0.15, -0.1) is 11.3 Å². The SMILES string of the molecule is c1ccc(-c2ccc(N(c3ccc(-n4c5ccccc5c5c6ccccc6ccc54)cc3)c3ccc4sc5ccccc5c4c3)c(-c3ccccc3)c2)cc1. The Morgan fingerprint density at radius 3 is 1.85 bits per heavy atom. The largest absolute Gasteiger partial charge is 0.310 e. The van der Waals surface area contributed by atoms with Gasteiger partial charge in [0.1, 0.15) is 0 Å². The van der Waals surface area contributed by atoms with E-state index in [2.05, 4.69) is 216 Å². The molecule has 0 amide bonds. The quantitative estimate of drug-likeness (QED) is 0.166. The molecule has 2 aromatic heterocycles. The number of nitrogens with zero attached hydrogens (tertiary/aromatic N) is 2. The highest BCUT2D eigenvalue weighted by Gasteiger charge is 2.21. The fourth-order valence-electron chi connectivity index (χ4n) is 8.44. The Bertz CT molecular complexity index is 3190. The minimum Gasteiger partial charge on any atom is -0.310 e. The van der Waals surface area contributed by atoms with Crippen molar-refractivity contribution in [1.82, 2.24) is 4.57 Å². The van der Waals surface area contributed by atoms with Crippen LogP contribution < -0.4 is 4.90 Å². The molecule has 0 N–H and O–H groups in total. The van der Waals surface area contributed by atoms with Crippen LogP contribution in [0.3, 0.4) is 0 Å². The standard InChI is InChI=1S/C52H34N2S/c1-3-13-35(14-4-1)38-24-30-48(45(33-38)36-15-5-2-6-16-36)53(41-29-32-51-46(34-41)43-19-10-12-22-50(43)55-51)39-25-27-40(28-26-39)54-47-21-11-9-20-44(47)52-42-18-8-7-17-37(42)23-31-49(52)54/h1-34H. The number of benzene rings is 9. The van der Waals surface area contributed by atoms with Gasteiger partial charge in [-0.25, -0.2) is 0 Å². The van der Waals surface area contributed by atoms with Crippen LogP contribution in [0.25, 0.3) is 80.7 Å². The van der Waals surface area contributed by atoms with E-state index in [1.807, 2.05) is 11.3 Å². The summed E-state index contributed by atoms with van der Waals surface area (Å²) in [5.74, 6) is 0. The second kappa shape index (κ2) is 12.9. The van der Waals surface area contributed by atoms with Gasteiger partial charge < -0.3 is 9.47 Å². The molecule has 11 aromatic rings. The molecule has 0 aliphatic carbocycles.